The molecule has 0 spiro atoms. The van der Waals surface area contributed by atoms with Crippen LogP contribution in [-0.2, 0) is 19.3 Å². The van der Waals surface area contributed by atoms with E-state index < -0.39 is 0 Å². The predicted molar refractivity (Wildman–Crippen MR) is 133 cm³/mol. The lowest BCUT2D eigenvalue weighted by molar-refractivity contribution is 0.218. The van der Waals surface area contributed by atoms with Gasteiger partial charge in [0.1, 0.15) is 0 Å². The third kappa shape index (κ3) is 6.24. The normalized spacial score (nSPS) is 15.3. The summed E-state index contributed by atoms with van der Waals surface area (Å²) in [6.45, 7) is 2.92. The predicted octanol–water partition coefficient (Wildman–Crippen LogP) is 3.31. The number of nitrogens with two attached hydrogens (primary N) is 1. The zero-order chi connectivity index (χ0) is 23.8. The van der Waals surface area contributed by atoms with Gasteiger partial charge >= 0.3 is 0 Å². The Hall–Kier alpha value is -2.64. The first-order chi connectivity index (χ1) is 16.0. The van der Waals surface area contributed by atoms with Crippen molar-refractivity contribution in [3.8, 4) is 23.0 Å². The van der Waals surface area contributed by atoms with Crippen molar-refractivity contribution in [2.45, 2.75) is 38.1 Å². The van der Waals surface area contributed by atoms with E-state index in [1.165, 1.54) is 17.5 Å². The van der Waals surface area contributed by atoms with Crippen molar-refractivity contribution in [3.63, 3.8) is 0 Å². The minimum Gasteiger partial charge on any atom is -0.493 e. The fraction of sp³-hybridized carbons (Fsp3) is 0.538. The van der Waals surface area contributed by atoms with Gasteiger partial charge in [0.25, 0.3) is 0 Å². The van der Waals surface area contributed by atoms with Gasteiger partial charge in [0.05, 0.1) is 28.4 Å². The Labute approximate surface area is 198 Å². The number of benzene rings is 2. The second kappa shape index (κ2) is 12.0. The molecule has 7 heteroatoms. The molecule has 0 aliphatic heterocycles. The van der Waals surface area contributed by atoms with Crippen LogP contribution in [0.25, 0.3) is 0 Å². The number of nitrogens with zero attached hydrogens (tertiary/aromatic N) is 1. The Bertz CT molecular complexity index is 919. The summed E-state index contributed by atoms with van der Waals surface area (Å²) in [6, 6.07) is 8.64. The van der Waals surface area contributed by atoms with Gasteiger partial charge in [-0.05, 0) is 93.7 Å². The molecule has 2 aromatic rings. The molecule has 0 aromatic heterocycles. The van der Waals surface area contributed by atoms with E-state index in [0.29, 0.717) is 17.5 Å². The van der Waals surface area contributed by atoms with Crippen LogP contribution in [-0.4, -0.2) is 66.1 Å². The molecule has 1 atom stereocenters. The third-order valence-electron chi connectivity index (χ3n) is 6.61. The number of hydrogen-bond acceptors (Lipinski definition) is 7. The smallest absolute Gasteiger partial charge is 0.162 e. The van der Waals surface area contributed by atoms with Crippen LogP contribution in [0, 0.1) is 0 Å². The molecule has 1 aliphatic carbocycles. The number of nitrogens with one attached hydrogen (secondary N) is 1. The summed E-state index contributed by atoms with van der Waals surface area (Å²) in [5.74, 6) is 3.02. The number of likely N-dealkylation sites (N-methyl/N-ethyl adjacent to an activating group) is 1. The number of ether oxygens (including phenoxy) is 4. The minimum atomic E-state index is 0.558. The highest BCUT2D eigenvalue weighted by Crippen LogP contribution is 2.35. The molecule has 7 nitrogen and oxygen atoms in total. The van der Waals surface area contributed by atoms with Crippen LogP contribution in [0.5, 0.6) is 23.0 Å². The first kappa shape index (κ1) is 25.0. The highest BCUT2D eigenvalue weighted by molar-refractivity contribution is 5.58. The Morgan fingerprint density at radius 2 is 1.48 bits per heavy atom. The molecule has 0 saturated heterocycles. The van der Waals surface area contributed by atoms with Gasteiger partial charge in [0.2, 0.25) is 0 Å². The van der Waals surface area contributed by atoms with Crippen LogP contribution < -0.4 is 30.0 Å². The maximum Gasteiger partial charge on any atom is 0.162 e. The van der Waals surface area contributed by atoms with Crippen molar-refractivity contribution in [2.75, 3.05) is 60.9 Å². The van der Waals surface area contributed by atoms with E-state index in [1.54, 1.807) is 28.4 Å². The minimum absolute atomic E-state index is 0.558. The SMILES string of the molecule is COc1cc(N)c(CCNCCCN(C)C2CCc3cc(OC)c(OC)cc3C2)cc1OC. The first-order valence-corrected chi connectivity index (χ1v) is 11.7. The van der Waals surface area contributed by atoms with Crippen LogP contribution in [0.2, 0.25) is 0 Å². The molecule has 1 unspecified atom stereocenters. The molecule has 0 amide bonds. The van der Waals surface area contributed by atoms with Crippen LogP contribution in [0.3, 0.4) is 0 Å². The molecule has 3 N–H and O–H groups in total. The van der Waals surface area contributed by atoms with Gasteiger partial charge in [-0.1, -0.05) is 0 Å². The molecule has 0 fully saturated rings. The number of methoxy groups -OCH3 is 4. The highest BCUT2D eigenvalue weighted by Gasteiger charge is 2.23. The molecule has 0 saturated carbocycles. The van der Waals surface area contributed by atoms with Crippen molar-refractivity contribution in [3.05, 3.63) is 41.0 Å². The van der Waals surface area contributed by atoms with Crippen LogP contribution in [0.4, 0.5) is 5.69 Å². The van der Waals surface area contributed by atoms with Gasteiger partial charge in [0, 0.05) is 17.8 Å². The second-order valence-electron chi connectivity index (χ2n) is 8.61. The summed E-state index contributed by atoms with van der Waals surface area (Å²) in [5.41, 5.74) is 10.7. The van der Waals surface area contributed by atoms with Crippen molar-refractivity contribution >= 4 is 5.69 Å². The van der Waals surface area contributed by atoms with Gasteiger partial charge in [0.15, 0.2) is 23.0 Å². The Kier molecular flexibility index (Phi) is 9.09. The molecule has 182 valence electrons. The van der Waals surface area contributed by atoms with Gasteiger partial charge in [-0.25, -0.2) is 0 Å². The monoisotopic (exact) mass is 457 g/mol. The average Bonchev–Trinajstić information content (AvgIpc) is 2.84. The first-order valence-electron chi connectivity index (χ1n) is 11.7. The van der Waals surface area contributed by atoms with Crippen LogP contribution in [0.15, 0.2) is 24.3 Å². The van der Waals surface area contributed by atoms with E-state index in [9.17, 15) is 0 Å². The maximum absolute atomic E-state index is 6.17. The fourth-order valence-corrected chi connectivity index (χ4v) is 4.58. The van der Waals surface area contributed by atoms with E-state index in [4.69, 9.17) is 24.7 Å². The van der Waals surface area contributed by atoms with Crippen molar-refractivity contribution in [1.82, 2.24) is 10.2 Å². The summed E-state index contributed by atoms with van der Waals surface area (Å²) in [5, 5.41) is 3.54. The summed E-state index contributed by atoms with van der Waals surface area (Å²) in [7, 11) is 8.89. The summed E-state index contributed by atoms with van der Waals surface area (Å²) < 4.78 is 21.6. The summed E-state index contributed by atoms with van der Waals surface area (Å²) in [4.78, 5) is 2.49. The van der Waals surface area contributed by atoms with Gasteiger partial charge in [-0.3, -0.25) is 0 Å². The number of nitrogen functional groups attached to an aromatic ring is 1. The number of aryl methyl sites for hydroxylation is 1. The van der Waals surface area contributed by atoms with Crippen molar-refractivity contribution < 1.29 is 18.9 Å². The Morgan fingerprint density at radius 3 is 2.15 bits per heavy atom. The average molecular weight is 458 g/mol. The number of anilines is 1. The molecule has 1 aliphatic rings. The number of hydrogen-bond donors (Lipinski definition) is 2. The quantitative estimate of drug-likeness (QED) is 0.374. The van der Waals surface area contributed by atoms with E-state index >= 15 is 0 Å². The molecule has 0 radical (unpaired) electrons. The van der Waals surface area contributed by atoms with Crippen LogP contribution in [0.1, 0.15) is 29.5 Å². The lowest BCUT2D eigenvalue weighted by Crippen LogP contribution is -2.38. The molecule has 2 aromatic carbocycles. The lowest BCUT2D eigenvalue weighted by Gasteiger charge is -2.33. The molecular weight excluding hydrogens is 418 g/mol. The van der Waals surface area contributed by atoms with Gasteiger partial charge < -0.3 is 34.9 Å². The van der Waals surface area contributed by atoms with Crippen LogP contribution >= 0.6 is 0 Å². The zero-order valence-corrected chi connectivity index (χ0v) is 20.7. The molecule has 0 heterocycles. The van der Waals surface area contributed by atoms with Crippen molar-refractivity contribution in [1.29, 1.82) is 0 Å². The molecule has 0 bridgehead atoms. The van der Waals surface area contributed by atoms with E-state index in [1.807, 2.05) is 12.1 Å². The largest absolute Gasteiger partial charge is 0.493 e. The van der Waals surface area contributed by atoms with Gasteiger partial charge in [-0.15, -0.1) is 0 Å². The Balaban J connectivity index is 1.41. The summed E-state index contributed by atoms with van der Waals surface area (Å²) >= 11 is 0. The van der Waals surface area contributed by atoms with Crippen molar-refractivity contribution in [2.24, 2.45) is 0 Å². The number of rotatable bonds is 12. The summed E-state index contributed by atoms with van der Waals surface area (Å²) in [6.07, 6.45) is 5.26. The molecule has 33 heavy (non-hydrogen) atoms. The lowest BCUT2D eigenvalue weighted by atomic mass is 9.87. The third-order valence-corrected chi connectivity index (χ3v) is 6.61. The fourth-order valence-electron chi connectivity index (χ4n) is 4.58. The van der Waals surface area contributed by atoms with E-state index in [0.717, 1.165) is 68.1 Å². The second-order valence-corrected chi connectivity index (χ2v) is 8.61. The van der Waals surface area contributed by atoms with E-state index in [2.05, 4.69) is 29.4 Å². The maximum atomic E-state index is 6.17. The van der Waals surface area contributed by atoms with Gasteiger partial charge in [-0.2, -0.15) is 0 Å². The Morgan fingerprint density at radius 1 is 0.879 bits per heavy atom. The molecule has 3 rings (SSSR count). The number of fused-ring (bicyclic) bond motifs is 1. The standard InChI is InChI=1S/C26H39N3O4/c1-29(21-8-7-18-14-23(30-2)25(32-4)16-20(18)13-21)12-6-10-28-11-9-19-15-24(31-3)26(33-5)17-22(19)27/h14-17,21,28H,6-13,27H2,1-5H3. The topological polar surface area (TPSA) is 78.2 Å². The highest BCUT2D eigenvalue weighted by atomic mass is 16.5. The zero-order valence-electron chi connectivity index (χ0n) is 20.7. The van der Waals surface area contributed by atoms with E-state index in [-0.39, 0.29) is 0 Å². The molecular formula is C26H39N3O4.